The normalized spacial score (nSPS) is 11.0. The lowest BCUT2D eigenvalue weighted by molar-refractivity contribution is 0.199. The molecule has 0 saturated heterocycles. The van der Waals surface area contributed by atoms with E-state index in [2.05, 4.69) is 19.9 Å². The molecule has 0 fully saturated rings. The van der Waals surface area contributed by atoms with Gasteiger partial charge >= 0.3 is 0 Å². The average Bonchev–Trinajstić information content (AvgIpc) is 2.96. The zero-order valence-corrected chi connectivity index (χ0v) is 10.8. The maximum Gasteiger partial charge on any atom is 0.128 e. The van der Waals surface area contributed by atoms with Gasteiger partial charge in [-0.15, -0.1) is 0 Å². The summed E-state index contributed by atoms with van der Waals surface area (Å²) in [6.45, 7) is 3.08. The number of imidazole rings is 2. The highest BCUT2D eigenvalue weighted by Gasteiger charge is 2.05. The molecule has 0 aliphatic carbocycles. The van der Waals surface area contributed by atoms with Crippen molar-refractivity contribution in [1.82, 2.24) is 24.4 Å². The Morgan fingerprint density at radius 3 is 3.06 bits per heavy atom. The molecule has 0 aliphatic heterocycles. The van der Waals surface area contributed by atoms with E-state index in [-0.39, 0.29) is 0 Å². The molecule has 18 heavy (non-hydrogen) atoms. The summed E-state index contributed by atoms with van der Waals surface area (Å²) in [6, 6.07) is 0. The van der Waals surface area contributed by atoms with Crippen LogP contribution >= 0.6 is 0 Å². The van der Waals surface area contributed by atoms with E-state index in [1.54, 1.807) is 7.11 Å². The zero-order valence-electron chi connectivity index (χ0n) is 10.8. The maximum absolute atomic E-state index is 4.99. The van der Waals surface area contributed by atoms with Gasteiger partial charge in [-0.1, -0.05) is 0 Å². The minimum atomic E-state index is 0.716. The van der Waals surface area contributed by atoms with Crippen LogP contribution in [-0.2, 0) is 24.9 Å². The highest BCUT2D eigenvalue weighted by atomic mass is 16.5. The molecule has 0 aliphatic rings. The lowest BCUT2D eigenvalue weighted by Crippen LogP contribution is -2.20. The summed E-state index contributed by atoms with van der Waals surface area (Å²) < 4.78 is 9.11. The van der Waals surface area contributed by atoms with Gasteiger partial charge in [-0.2, -0.15) is 0 Å². The van der Waals surface area contributed by atoms with Crippen LogP contribution in [0.15, 0.2) is 24.9 Å². The van der Waals surface area contributed by atoms with Crippen molar-refractivity contribution in [3.8, 4) is 0 Å². The van der Waals surface area contributed by atoms with Gasteiger partial charge in [0.15, 0.2) is 0 Å². The Labute approximate surface area is 107 Å². The third-order valence-corrected chi connectivity index (χ3v) is 2.82. The first-order chi connectivity index (χ1) is 8.81. The number of aryl methyl sites for hydroxylation is 1. The molecule has 6 heteroatoms. The fraction of sp³-hybridized carbons (Fsp3) is 0.500. The quantitative estimate of drug-likeness (QED) is 0.722. The molecular weight excluding hydrogens is 230 g/mol. The monoisotopic (exact) mass is 249 g/mol. The summed E-state index contributed by atoms with van der Waals surface area (Å²) in [6.07, 6.45) is 7.47. The van der Waals surface area contributed by atoms with E-state index >= 15 is 0 Å². The molecule has 0 unspecified atom stereocenters. The largest absolute Gasteiger partial charge is 0.383 e. The van der Waals surface area contributed by atoms with Gasteiger partial charge in [0.2, 0.25) is 0 Å². The highest BCUT2D eigenvalue weighted by Crippen LogP contribution is 2.04. The first-order valence-electron chi connectivity index (χ1n) is 5.96. The third kappa shape index (κ3) is 3.18. The van der Waals surface area contributed by atoms with E-state index < -0.39 is 0 Å². The predicted octanol–water partition coefficient (Wildman–Crippen LogP) is 0.401. The van der Waals surface area contributed by atoms with Crippen LogP contribution in [0.2, 0.25) is 0 Å². The standard InChI is InChI=1S/C12H19N5O/c1-16-5-3-15-12(16)9-17-10-14-8-11(17)7-13-4-6-18-2/h3,5,8,10,13H,4,6-7,9H2,1-2H3. The van der Waals surface area contributed by atoms with Gasteiger partial charge in [0.1, 0.15) is 5.82 Å². The summed E-state index contributed by atoms with van der Waals surface area (Å²) in [5.74, 6) is 1.02. The Morgan fingerprint density at radius 1 is 1.44 bits per heavy atom. The number of nitrogens with one attached hydrogen (secondary N) is 1. The van der Waals surface area contributed by atoms with Crippen molar-refractivity contribution >= 4 is 0 Å². The molecule has 0 spiro atoms. The number of hydrogen-bond acceptors (Lipinski definition) is 4. The van der Waals surface area contributed by atoms with E-state index in [4.69, 9.17) is 4.74 Å². The first kappa shape index (κ1) is 12.8. The van der Waals surface area contributed by atoms with Gasteiger partial charge in [-0.3, -0.25) is 0 Å². The second-order valence-electron chi connectivity index (χ2n) is 4.14. The predicted molar refractivity (Wildman–Crippen MR) is 68.1 cm³/mol. The molecule has 2 aromatic rings. The number of methoxy groups -OCH3 is 1. The molecule has 2 heterocycles. The minimum absolute atomic E-state index is 0.716. The SMILES string of the molecule is COCCNCc1cncn1Cc1nccn1C. The fourth-order valence-electron chi connectivity index (χ4n) is 1.73. The second kappa shape index (κ2) is 6.32. The molecule has 0 radical (unpaired) electrons. The Morgan fingerprint density at radius 2 is 2.33 bits per heavy atom. The van der Waals surface area contributed by atoms with Gasteiger partial charge in [-0.05, 0) is 0 Å². The molecule has 1 N–H and O–H groups in total. The summed E-state index contributed by atoms with van der Waals surface area (Å²) in [5.41, 5.74) is 1.15. The molecule has 6 nitrogen and oxygen atoms in total. The molecule has 0 atom stereocenters. The second-order valence-corrected chi connectivity index (χ2v) is 4.14. The fourth-order valence-corrected chi connectivity index (χ4v) is 1.73. The van der Waals surface area contributed by atoms with Gasteiger partial charge in [0.05, 0.1) is 25.2 Å². The van der Waals surface area contributed by atoms with Crippen molar-refractivity contribution in [3.63, 3.8) is 0 Å². The molecule has 2 rings (SSSR count). The molecule has 0 saturated carbocycles. The van der Waals surface area contributed by atoms with E-state index in [0.29, 0.717) is 6.61 Å². The Kier molecular flexibility index (Phi) is 4.49. The van der Waals surface area contributed by atoms with Gasteiger partial charge in [-0.25, -0.2) is 9.97 Å². The minimum Gasteiger partial charge on any atom is -0.383 e. The molecule has 0 amide bonds. The number of nitrogens with zero attached hydrogens (tertiary/aromatic N) is 4. The van der Waals surface area contributed by atoms with Crippen LogP contribution in [0.4, 0.5) is 0 Å². The molecule has 0 aromatic carbocycles. The zero-order chi connectivity index (χ0) is 12.8. The summed E-state index contributed by atoms with van der Waals surface area (Å²) >= 11 is 0. The molecular formula is C12H19N5O. The van der Waals surface area contributed by atoms with Crippen molar-refractivity contribution in [2.75, 3.05) is 20.3 Å². The van der Waals surface area contributed by atoms with Gasteiger partial charge in [0, 0.05) is 45.8 Å². The Hall–Kier alpha value is -1.66. The van der Waals surface area contributed by atoms with E-state index in [1.165, 1.54) is 0 Å². The van der Waals surface area contributed by atoms with Gasteiger partial charge < -0.3 is 19.2 Å². The van der Waals surface area contributed by atoms with Crippen LogP contribution in [0.1, 0.15) is 11.5 Å². The molecule has 0 bridgehead atoms. The Bertz CT molecular complexity index is 476. The van der Waals surface area contributed by atoms with Crippen LogP contribution in [0.5, 0.6) is 0 Å². The summed E-state index contributed by atoms with van der Waals surface area (Å²) in [5, 5.41) is 3.31. The van der Waals surface area contributed by atoms with Crippen molar-refractivity contribution < 1.29 is 4.74 Å². The third-order valence-electron chi connectivity index (χ3n) is 2.82. The van der Waals surface area contributed by atoms with Crippen LogP contribution in [0.3, 0.4) is 0 Å². The molecule has 98 valence electrons. The van der Waals surface area contributed by atoms with Crippen molar-refractivity contribution in [3.05, 3.63) is 36.4 Å². The topological polar surface area (TPSA) is 56.9 Å². The maximum atomic E-state index is 4.99. The van der Waals surface area contributed by atoms with Gasteiger partial charge in [0.25, 0.3) is 0 Å². The lowest BCUT2D eigenvalue weighted by atomic mass is 10.4. The number of rotatable bonds is 7. The molecule has 2 aromatic heterocycles. The smallest absolute Gasteiger partial charge is 0.128 e. The number of hydrogen-bond donors (Lipinski definition) is 1. The van der Waals surface area contributed by atoms with Crippen molar-refractivity contribution in [1.29, 1.82) is 0 Å². The van der Waals surface area contributed by atoms with Crippen LogP contribution < -0.4 is 5.32 Å². The lowest BCUT2D eigenvalue weighted by Gasteiger charge is -2.09. The first-order valence-corrected chi connectivity index (χ1v) is 5.96. The summed E-state index contributed by atoms with van der Waals surface area (Å²) in [4.78, 5) is 8.50. The van der Waals surface area contributed by atoms with Crippen molar-refractivity contribution in [2.45, 2.75) is 13.1 Å². The van der Waals surface area contributed by atoms with Crippen LogP contribution in [0.25, 0.3) is 0 Å². The number of ether oxygens (including phenoxy) is 1. The van der Waals surface area contributed by atoms with E-state index in [0.717, 1.165) is 31.2 Å². The van der Waals surface area contributed by atoms with E-state index in [1.807, 2.05) is 36.5 Å². The van der Waals surface area contributed by atoms with Crippen LogP contribution in [-0.4, -0.2) is 39.4 Å². The van der Waals surface area contributed by atoms with Crippen LogP contribution in [0, 0.1) is 0 Å². The van der Waals surface area contributed by atoms with Crippen molar-refractivity contribution in [2.24, 2.45) is 7.05 Å². The van der Waals surface area contributed by atoms with E-state index in [9.17, 15) is 0 Å². The highest BCUT2D eigenvalue weighted by molar-refractivity contribution is 5.02. The average molecular weight is 249 g/mol. The number of aromatic nitrogens is 4. The Balaban J connectivity index is 1.93. The summed E-state index contributed by atoms with van der Waals surface area (Å²) in [7, 11) is 3.70.